The standard InChI is InChI=1S/C30H38BrN7O4/c1-18-5-6-20(15-24(18)31)16-25(32)28(40)38(23-13-11-21(12-14-23)26-34-36-37-35-26)27(39)22-9-7-19(8-10-22)17-33-29(41)42-30(2,3)4/h5-6,11-15,19,22,25H,7-10,16-17,32H2,1-4H3,(H,33,41)(H,34,35,36,37)/t19?,22?,25-/m0/s1. The van der Waals surface area contributed by atoms with Gasteiger partial charge in [-0.1, -0.05) is 28.1 Å². The summed E-state index contributed by atoms with van der Waals surface area (Å²) < 4.78 is 6.26. The van der Waals surface area contributed by atoms with Crippen molar-refractivity contribution >= 4 is 39.5 Å². The number of hydrogen-bond donors (Lipinski definition) is 3. The molecule has 1 aromatic heterocycles. The smallest absolute Gasteiger partial charge is 0.407 e. The van der Waals surface area contributed by atoms with Gasteiger partial charge in [0.1, 0.15) is 5.60 Å². The third kappa shape index (κ3) is 8.22. The molecule has 0 radical (unpaired) electrons. The first kappa shape index (κ1) is 31.3. The lowest BCUT2D eigenvalue weighted by atomic mass is 9.81. The number of halogens is 1. The van der Waals surface area contributed by atoms with Crippen molar-refractivity contribution < 1.29 is 19.1 Å². The first-order valence-electron chi connectivity index (χ1n) is 14.1. The maximum absolute atomic E-state index is 14.0. The lowest BCUT2D eigenvalue weighted by Crippen LogP contribution is -2.50. The third-order valence-corrected chi connectivity index (χ3v) is 8.16. The molecule has 0 saturated heterocycles. The number of aromatic nitrogens is 4. The van der Waals surface area contributed by atoms with Gasteiger partial charge in [0, 0.05) is 22.5 Å². The molecule has 1 atom stereocenters. The quantitative estimate of drug-likeness (QED) is 0.320. The number of anilines is 1. The summed E-state index contributed by atoms with van der Waals surface area (Å²) in [6.45, 7) is 7.93. The molecule has 224 valence electrons. The summed E-state index contributed by atoms with van der Waals surface area (Å²) in [6, 6.07) is 11.8. The SMILES string of the molecule is Cc1ccc(C[C@H](N)C(=O)N(C(=O)C2CCC(CNC(=O)OC(C)(C)C)CC2)c2ccc(-c3nn[nH]n3)cc2)cc1Br. The summed E-state index contributed by atoms with van der Waals surface area (Å²) >= 11 is 3.54. The van der Waals surface area contributed by atoms with E-state index in [-0.39, 0.29) is 24.2 Å². The number of imide groups is 1. The van der Waals surface area contributed by atoms with Crippen LogP contribution in [-0.4, -0.2) is 56.7 Å². The minimum atomic E-state index is -0.921. The molecule has 0 unspecified atom stereocenters. The van der Waals surface area contributed by atoms with Crippen molar-refractivity contribution in [3.05, 3.63) is 58.1 Å². The van der Waals surface area contributed by atoms with Crippen LogP contribution in [0.3, 0.4) is 0 Å². The summed E-state index contributed by atoms with van der Waals surface area (Å²) in [4.78, 5) is 41.1. The first-order chi connectivity index (χ1) is 19.9. The molecule has 0 bridgehead atoms. The maximum atomic E-state index is 14.0. The number of H-pyrrole nitrogens is 1. The molecule has 4 N–H and O–H groups in total. The molecule has 2 aromatic carbocycles. The van der Waals surface area contributed by atoms with E-state index >= 15 is 0 Å². The molecule has 12 heteroatoms. The van der Waals surface area contributed by atoms with E-state index in [1.807, 2.05) is 45.9 Å². The van der Waals surface area contributed by atoms with Crippen LogP contribution >= 0.6 is 15.9 Å². The van der Waals surface area contributed by atoms with E-state index < -0.39 is 23.6 Å². The second-order valence-corrected chi connectivity index (χ2v) is 12.6. The molecule has 1 aliphatic carbocycles. The Morgan fingerprint density at radius 2 is 1.81 bits per heavy atom. The molecule has 1 aliphatic rings. The van der Waals surface area contributed by atoms with E-state index in [2.05, 4.69) is 41.9 Å². The Hall–Kier alpha value is -3.64. The van der Waals surface area contributed by atoms with Crippen LogP contribution in [0.1, 0.15) is 57.6 Å². The van der Waals surface area contributed by atoms with Crippen molar-refractivity contribution in [2.24, 2.45) is 17.6 Å². The second-order valence-electron chi connectivity index (χ2n) is 11.8. The van der Waals surface area contributed by atoms with E-state index in [1.165, 1.54) is 4.90 Å². The van der Waals surface area contributed by atoms with Gasteiger partial charge >= 0.3 is 6.09 Å². The largest absolute Gasteiger partial charge is 0.444 e. The van der Waals surface area contributed by atoms with Crippen LogP contribution in [0.4, 0.5) is 10.5 Å². The number of nitrogens with one attached hydrogen (secondary N) is 2. The van der Waals surface area contributed by atoms with Crippen LogP contribution in [0.5, 0.6) is 0 Å². The van der Waals surface area contributed by atoms with Crippen molar-refractivity contribution in [1.29, 1.82) is 0 Å². The van der Waals surface area contributed by atoms with Gasteiger partial charge in [0.05, 0.1) is 11.7 Å². The fourth-order valence-corrected chi connectivity index (χ4v) is 5.44. The number of tetrazole rings is 1. The fourth-order valence-electron chi connectivity index (χ4n) is 5.02. The van der Waals surface area contributed by atoms with Crippen molar-refractivity contribution in [3.63, 3.8) is 0 Å². The number of benzene rings is 2. The van der Waals surface area contributed by atoms with Gasteiger partial charge in [-0.15, -0.1) is 10.2 Å². The van der Waals surface area contributed by atoms with Crippen molar-refractivity contribution in [2.75, 3.05) is 11.4 Å². The number of nitrogens with zero attached hydrogens (tertiary/aromatic N) is 4. The molecule has 1 fully saturated rings. The van der Waals surface area contributed by atoms with Crippen LogP contribution in [0, 0.1) is 18.8 Å². The van der Waals surface area contributed by atoms with E-state index in [4.69, 9.17) is 10.5 Å². The number of alkyl carbamates (subject to hydrolysis) is 1. The maximum Gasteiger partial charge on any atom is 0.407 e. The lowest BCUT2D eigenvalue weighted by molar-refractivity contribution is -0.130. The average molecular weight is 641 g/mol. The highest BCUT2D eigenvalue weighted by molar-refractivity contribution is 9.10. The normalized spacial score (nSPS) is 17.8. The molecular formula is C30H38BrN7O4. The Labute approximate surface area is 254 Å². The number of carbonyl (C=O) groups excluding carboxylic acids is 3. The summed E-state index contributed by atoms with van der Waals surface area (Å²) in [7, 11) is 0. The van der Waals surface area contributed by atoms with Crippen molar-refractivity contribution in [3.8, 4) is 11.4 Å². The van der Waals surface area contributed by atoms with Crippen molar-refractivity contribution in [2.45, 2.75) is 71.4 Å². The molecule has 3 aromatic rings. The highest BCUT2D eigenvalue weighted by atomic mass is 79.9. The number of carbonyl (C=O) groups is 3. The summed E-state index contributed by atoms with van der Waals surface area (Å²) in [5.41, 5.74) is 8.98. The Morgan fingerprint density at radius 1 is 1.12 bits per heavy atom. The highest BCUT2D eigenvalue weighted by Crippen LogP contribution is 2.32. The van der Waals surface area contributed by atoms with Gasteiger partial charge in [0.15, 0.2) is 0 Å². The number of rotatable bonds is 8. The van der Waals surface area contributed by atoms with Gasteiger partial charge in [-0.05, 0) is 112 Å². The zero-order chi connectivity index (χ0) is 30.4. The molecule has 0 spiro atoms. The van der Waals surface area contributed by atoms with Gasteiger partial charge in [-0.2, -0.15) is 5.21 Å². The summed E-state index contributed by atoms with van der Waals surface area (Å²) in [5, 5.41) is 16.8. The van der Waals surface area contributed by atoms with E-state index in [0.717, 1.165) is 28.4 Å². The monoisotopic (exact) mass is 639 g/mol. The average Bonchev–Trinajstić information content (AvgIpc) is 3.49. The Morgan fingerprint density at radius 3 is 2.40 bits per heavy atom. The Kier molecular flexibility index (Phi) is 10.1. The molecule has 0 aliphatic heterocycles. The van der Waals surface area contributed by atoms with Crippen LogP contribution in [0.2, 0.25) is 0 Å². The Bertz CT molecular complexity index is 1380. The van der Waals surface area contributed by atoms with E-state index in [1.54, 1.807) is 24.3 Å². The van der Waals surface area contributed by atoms with E-state index in [0.29, 0.717) is 36.5 Å². The number of aromatic amines is 1. The zero-order valence-corrected chi connectivity index (χ0v) is 26.0. The molecule has 42 heavy (non-hydrogen) atoms. The Balaban J connectivity index is 1.47. The molecule has 11 nitrogen and oxygen atoms in total. The lowest BCUT2D eigenvalue weighted by Gasteiger charge is -2.32. The predicted molar refractivity (Wildman–Crippen MR) is 162 cm³/mol. The number of nitrogens with two attached hydrogens (primary N) is 1. The van der Waals surface area contributed by atoms with Crippen LogP contribution in [0.25, 0.3) is 11.4 Å². The fraction of sp³-hybridized carbons (Fsp3) is 0.467. The van der Waals surface area contributed by atoms with Crippen molar-refractivity contribution in [1.82, 2.24) is 25.9 Å². The predicted octanol–water partition coefficient (Wildman–Crippen LogP) is 4.70. The van der Waals surface area contributed by atoms with Gasteiger partial charge in [-0.25, -0.2) is 9.69 Å². The molecular weight excluding hydrogens is 602 g/mol. The van der Waals surface area contributed by atoms with Crippen LogP contribution in [-0.2, 0) is 20.7 Å². The van der Waals surface area contributed by atoms with Gasteiger partial charge in [0.2, 0.25) is 11.7 Å². The third-order valence-electron chi connectivity index (χ3n) is 7.31. The molecule has 3 amide bonds. The highest BCUT2D eigenvalue weighted by Gasteiger charge is 2.35. The number of amides is 3. The number of ether oxygens (including phenoxy) is 1. The summed E-state index contributed by atoms with van der Waals surface area (Å²) in [6.07, 6.45) is 2.53. The molecule has 4 rings (SSSR count). The second kappa shape index (κ2) is 13.6. The minimum Gasteiger partial charge on any atom is -0.444 e. The number of hydrogen-bond acceptors (Lipinski definition) is 8. The minimum absolute atomic E-state index is 0.224. The zero-order valence-electron chi connectivity index (χ0n) is 24.4. The van der Waals surface area contributed by atoms with E-state index in [9.17, 15) is 14.4 Å². The van der Waals surface area contributed by atoms with Gasteiger partial charge in [-0.3, -0.25) is 9.59 Å². The first-order valence-corrected chi connectivity index (χ1v) is 14.9. The van der Waals surface area contributed by atoms with Crippen LogP contribution in [0.15, 0.2) is 46.9 Å². The summed E-state index contributed by atoms with van der Waals surface area (Å²) in [5.74, 6) is -0.443. The van der Waals surface area contributed by atoms with Gasteiger partial charge < -0.3 is 15.8 Å². The number of aryl methyl sites for hydroxylation is 1. The molecule has 1 heterocycles. The molecule has 1 saturated carbocycles. The van der Waals surface area contributed by atoms with Gasteiger partial charge in [0.25, 0.3) is 5.91 Å². The topological polar surface area (TPSA) is 156 Å². The van der Waals surface area contributed by atoms with Crippen LogP contribution < -0.4 is 16.0 Å².